The molecule has 0 atom stereocenters. The Balaban J connectivity index is 3.56. The van der Waals surface area contributed by atoms with Gasteiger partial charge in [0.15, 0.2) is 0 Å². The lowest BCUT2D eigenvalue weighted by Gasteiger charge is -2.09. The molecule has 0 saturated heterocycles. The second-order valence-corrected chi connectivity index (χ2v) is 1.38. The average molecular weight is 95.9 g/mol. The molecular weight excluding hydrogens is 86.9 g/mol. The van der Waals surface area contributed by atoms with Gasteiger partial charge in [-0.2, -0.15) is 0 Å². The van der Waals surface area contributed by atoms with Crippen molar-refractivity contribution in [3.8, 4) is 0 Å². The molecule has 2 radical (unpaired) electrons. The van der Waals surface area contributed by atoms with Crippen LogP contribution in [0, 0.1) is 0 Å². The number of amidine groups is 1. The summed E-state index contributed by atoms with van der Waals surface area (Å²) in [5.41, 5.74) is 0. The summed E-state index contributed by atoms with van der Waals surface area (Å²) in [6.07, 6.45) is 0. The zero-order valence-electron chi connectivity index (χ0n) is 4.97. The molecule has 2 nitrogen and oxygen atoms in total. The Morgan fingerprint density at radius 3 is 2.14 bits per heavy atom. The first-order valence-electron chi connectivity index (χ1n) is 2.10. The van der Waals surface area contributed by atoms with Gasteiger partial charge < -0.3 is 4.81 Å². The van der Waals surface area contributed by atoms with Crippen LogP contribution in [0.5, 0.6) is 0 Å². The van der Waals surface area contributed by atoms with Crippen molar-refractivity contribution in [1.82, 2.24) is 4.81 Å². The van der Waals surface area contributed by atoms with Crippen molar-refractivity contribution in [3.05, 3.63) is 0 Å². The van der Waals surface area contributed by atoms with E-state index in [1.165, 1.54) is 4.81 Å². The first-order valence-corrected chi connectivity index (χ1v) is 2.10. The number of hydrogen-bond donors (Lipinski definition) is 0. The maximum atomic E-state index is 5.25. The molecule has 0 heterocycles. The van der Waals surface area contributed by atoms with E-state index in [-0.39, 0.29) is 0 Å². The van der Waals surface area contributed by atoms with Crippen LogP contribution in [0.1, 0.15) is 6.92 Å². The van der Waals surface area contributed by atoms with E-state index in [0.29, 0.717) is 0 Å². The maximum Gasteiger partial charge on any atom is 0.227 e. The summed E-state index contributed by atoms with van der Waals surface area (Å²) in [5, 5.41) is 0. The number of nitrogens with zero attached hydrogens (tertiary/aromatic N) is 2. The van der Waals surface area contributed by atoms with Gasteiger partial charge in [0.05, 0.1) is 5.84 Å². The predicted octanol–water partition coefficient (Wildman–Crippen LogP) is 0.0499. The van der Waals surface area contributed by atoms with Gasteiger partial charge in [-0.3, -0.25) is 4.99 Å². The van der Waals surface area contributed by atoms with Crippen LogP contribution in [0.2, 0.25) is 0 Å². The highest BCUT2D eigenvalue weighted by atomic mass is 15.1. The number of hydrogen-bond acceptors (Lipinski definition) is 1. The largest absolute Gasteiger partial charge is 0.417 e. The molecule has 0 aromatic carbocycles. The quantitative estimate of drug-likeness (QED) is 0.236. The van der Waals surface area contributed by atoms with Crippen molar-refractivity contribution >= 4 is 13.8 Å². The van der Waals surface area contributed by atoms with Crippen LogP contribution in [-0.4, -0.2) is 32.7 Å². The van der Waals surface area contributed by atoms with E-state index in [1.54, 1.807) is 14.1 Å². The van der Waals surface area contributed by atoms with Crippen molar-refractivity contribution < 1.29 is 0 Å². The Kier molecular flexibility index (Phi) is 2.49. The standard InChI is InChI=1S/C4H9BN2/c1-4(6-2)7(3)5/h1-3H3. The Bertz CT molecular complexity index is 77.8. The molecular formula is C4H9BN2. The highest BCUT2D eigenvalue weighted by Crippen LogP contribution is 1.75. The van der Waals surface area contributed by atoms with Gasteiger partial charge in [0.1, 0.15) is 0 Å². The first kappa shape index (κ1) is 6.53. The van der Waals surface area contributed by atoms with Crippen LogP contribution in [0.25, 0.3) is 0 Å². The van der Waals surface area contributed by atoms with Crippen LogP contribution >= 0.6 is 0 Å². The smallest absolute Gasteiger partial charge is 0.227 e. The number of aliphatic imine (C=N–C) groups is 1. The summed E-state index contributed by atoms with van der Waals surface area (Å²) in [4.78, 5) is 5.28. The summed E-state index contributed by atoms with van der Waals surface area (Å²) >= 11 is 0. The fraction of sp³-hybridized carbons (Fsp3) is 0.750. The fourth-order valence-corrected chi connectivity index (χ4v) is 0.158. The molecule has 0 rings (SSSR count). The molecule has 0 bridgehead atoms. The van der Waals surface area contributed by atoms with Gasteiger partial charge in [0, 0.05) is 7.05 Å². The molecule has 0 spiro atoms. The van der Waals surface area contributed by atoms with E-state index in [4.69, 9.17) is 7.98 Å². The molecule has 0 aromatic heterocycles. The topological polar surface area (TPSA) is 15.6 Å². The Morgan fingerprint density at radius 2 is 2.14 bits per heavy atom. The van der Waals surface area contributed by atoms with E-state index >= 15 is 0 Å². The van der Waals surface area contributed by atoms with Gasteiger partial charge in [0.25, 0.3) is 0 Å². The monoisotopic (exact) mass is 96.1 g/mol. The average Bonchev–Trinajstić information content (AvgIpc) is 1.65. The molecule has 0 amide bonds. The normalized spacial score (nSPS) is 11.6. The van der Waals surface area contributed by atoms with Crippen LogP contribution in [-0.2, 0) is 0 Å². The molecule has 0 fully saturated rings. The summed E-state index contributed by atoms with van der Waals surface area (Å²) in [7, 11) is 8.71. The molecule has 0 N–H and O–H groups in total. The minimum Gasteiger partial charge on any atom is -0.417 e. The third-order valence-electron chi connectivity index (χ3n) is 0.834. The van der Waals surface area contributed by atoms with E-state index < -0.39 is 0 Å². The molecule has 0 saturated carbocycles. The van der Waals surface area contributed by atoms with Crippen molar-refractivity contribution in [2.24, 2.45) is 4.99 Å². The van der Waals surface area contributed by atoms with Crippen LogP contribution in [0.4, 0.5) is 0 Å². The summed E-state index contributed by atoms with van der Waals surface area (Å²) in [5.74, 6) is 0.833. The van der Waals surface area contributed by atoms with Crippen molar-refractivity contribution in [2.45, 2.75) is 6.92 Å². The Hall–Kier alpha value is -0.465. The molecule has 0 unspecified atom stereocenters. The highest BCUT2D eigenvalue weighted by molar-refractivity contribution is 6.14. The third kappa shape index (κ3) is 2.26. The van der Waals surface area contributed by atoms with Gasteiger partial charge >= 0.3 is 0 Å². The summed E-state index contributed by atoms with van der Waals surface area (Å²) < 4.78 is 0. The molecule has 3 heteroatoms. The zero-order chi connectivity index (χ0) is 5.86. The van der Waals surface area contributed by atoms with Crippen LogP contribution < -0.4 is 0 Å². The van der Waals surface area contributed by atoms with Gasteiger partial charge in [-0.05, 0) is 14.0 Å². The SMILES string of the molecule is [B]N(C)C(C)=NC. The Labute approximate surface area is 45.7 Å². The van der Waals surface area contributed by atoms with Gasteiger partial charge in [-0.15, -0.1) is 0 Å². The maximum absolute atomic E-state index is 5.25. The van der Waals surface area contributed by atoms with E-state index in [9.17, 15) is 0 Å². The van der Waals surface area contributed by atoms with E-state index in [0.717, 1.165) is 5.84 Å². The lowest BCUT2D eigenvalue weighted by atomic mass is 10.3. The van der Waals surface area contributed by atoms with Crippen molar-refractivity contribution in [3.63, 3.8) is 0 Å². The van der Waals surface area contributed by atoms with Crippen LogP contribution in [0.15, 0.2) is 4.99 Å². The van der Waals surface area contributed by atoms with E-state index in [2.05, 4.69) is 4.99 Å². The van der Waals surface area contributed by atoms with Crippen LogP contribution in [0.3, 0.4) is 0 Å². The lowest BCUT2D eigenvalue weighted by Crippen LogP contribution is -2.19. The lowest BCUT2D eigenvalue weighted by molar-refractivity contribution is 0.807. The fourth-order valence-electron chi connectivity index (χ4n) is 0.158. The molecule has 38 valence electrons. The van der Waals surface area contributed by atoms with Gasteiger partial charge in [0.2, 0.25) is 7.98 Å². The highest BCUT2D eigenvalue weighted by Gasteiger charge is 1.85. The van der Waals surface area contributed by atoms with Crippen molar-refractivity contribution in [2.75, 3.05) is 14.1 Å². The second kappa shape index (κ2) is 2.67. The van der Waals surface area contributed by atoms with E-state index in [1.807, 2.05) is 6.92 Å². The first-order chi connectivity index (χ1) is 3.18. The molecule has 0 aliphatic heterocycles. The van der Waals surface area contributed by atoms with Gasteiger partial charge in [-0.1, -0.05) is 0 Å². The molecule has 0 aliphatic rings. The van der Waals surface area contributed by atoms with Crippen molar-refractivity contribution in [1.29, 1.82) is 0 Å². The molecule has 0 aromatic rings. The third-order valence-corrected chi connectivity index (χ3v) is 0.834. The predicted molar refractivity (Wildman–Crippen MR) is 32.5 cm³/mol. The molecule has 7 heavy (non-hydrogen) atoms. The minimum atomic E-state index is 0.833. The number of rotatable bonds is 0. The summed E-state index contributed by atoms with van der Waals surface area (Å²) in [6.45, 7) is 1.85. The molecule has 0 aliphatic carbocycles. The zero-order valence-corrected chi connectivity index (χ0v) is 4.97. The minimum absolute atomic E-state index is 0.833. The van der Waals surface area contributed by atoms with Gasteiger partial charge in [-0.25, -0.2) is 0 Å². The second-order valence-electron chi connectivity index (χ2n) is 1.38. The summed E-state index contributed by atoms with van der Waals surface area (Å²) in [6, 6.07) is 0. The Morgan fingerprint density at radius 1 is 1.71 bits per heavy atom.